The number of nitrogens with zero attached hydrogens (tertiary/aromatic N) is 1. The van der Waals surface area contributed by atoms with Crippen LogP contribution in [0.25, 0.3) is 0 Å². The maximum atomic E-state index is 10.9. The number of hydrogen-bond donors (Lipinski definition) is 1. The Morgan fingerprint density at radius 3 is 2.50 bits per heavy atom. The van der Waals surface area contributed by atoms with Crippen molar-refractivity contribution in [1.29, 1.82) is 0 Å². The first-order valence-electron chi connectivity index (χ1n) is 5.10. The van der Waals surface area contributed by atoms with Crippen molar-refractivity contribution in [3.05, 3.63) is 49.5 Å². The second kappa shape index (κ2) is 6.18. The largest absolute Gasteiger partial charge is 0.476 e. The number of pyridine rings is 1. The smallest absolute Gasteiger partial charge is 0.356 e. The molecule has 0 fully saturated rings. The lowest BCUT2D eigenvalue weighted by atomic mass is 10.3. The molecule has 8 heteroatoms. The lowest BCUT2D eigenvalue weighted by molar-refractivity contribution is 0.0690. The van der Waals surface area contributed by atoms with Gasteiger partial charge in [-0.25, -0.2) is 9.78 Å². The summed E-state index contributed by atoms with van der Waals surface area (Å²) >= 11 is 20.9. The summed E-state index contributed by atoms with van der Waals surface area (Å²) in [7, 11) is 0. The minimum absolute atomic E-state index is 0.0183. The fourth-order valence-electron chi connectivity index (χ4n) is 1.33. The van der Waals surface area contributed by atoms with Gasteiger partial charge in [0.25, 0.3) is 0 Å². The number of carboxylic acids is 1. The van der Waals surface area contributed by atoms with Crippen LogP contribution in [0.2, 0.25) is 15.1 Å². The minimum Gasteiger partial charge on any atom is -0.476 e. The molecule has 0 saturated heterocycles. The monoisotopic (exact) mass is 395 g/mol. The van der Waals surface area contributed by atoms with E-state index in [0.29, 0.717) is 14.5 Å². The van der Waals surface area contributed by atoms with E-state index < -0.39 is 5.97 Å². The molecule has 0 aliphatic heterocycles. The van der Waals surface area contributed by atoms with Gasteiger partial charge in [-0.2, -0.15) is 0 Å². The Kier molecular flexibility index (Phi) is 4.75. The highest BCUT2D eigenvalue weighted by molar-refractivity contribution is 9.10. The fourth-order valence-corrected chi connectivity index (χ4v) is 2.34. The number of aromatic carboxylic acids is 1. The van der Waals surface area contributed by atoms with Crippen LogP contribution in [-0.2, 0) is 0 Å². The van der Waals surface area contributed by atoms with E-state index in [0.717, 1.165) is 0 Å². The zero-order valence-electron chi connectivity index (χ0n) is 9.53. The van der Waals surface area contributed by atoms with Crippen LogP contribution in [0.15, 0.2) is 28.7 Å². The molecule has 2 aromatic rings. The molecule has 0 unspecified atom stereocenters. The van der Waals surface area contributed by atoms with Crippen LogP contribution < -0.4 is 4.74 Å². The number of hydrogen-bond acceptors (Lipinski definition) is 3. The molecule has 20 heavy (non-hydrogen) atoms. The van der Waals surface area contributed by atoms with E-state index in [-0.39, 0.29) is 22.3 Å². The van der Waals surface area contributed by atoms with Crippen LogP contribution in [0.4, 0.5) is 0 Å². The topological polar surface area (TPSA) is 59.4 Å². The first-order valence-corrected chi connectivity index (χ1v) is 7.03. The van der Waals surface area contributed by atoms with Crippen LogP contribution in [0, 0.1) is 0 Å². The van der Waals surface area contributed by atoms with Gasteiger partial charge in [-0.1, -0.05) is 34.8 Å². The third kappa shape index (κ3) is 3.35. The van der Waals surface area contributed by atoms with E-state index in [1.54, 1.807) is 6.07 Å². The SMILES string of the molecule is O=C(O)c1nc(Oc2cc(Cl)c(Br)cc2Cl)ccc1Cl. The molecule has 0 amide bonds. The molecule has 0 aliphatic rings. The van der Waals surface area contributed by atoms with E-state index in [2.05, 4.69) is 20.9 Å². The molecule has 1 N–H and O–H groups in total. The summed E-state index contributed by atoms with van der Waals surface area (Å²) in [6, 6.07) is 5.86. The van der Waals surface area contributed by atoms with Crippen molar-refractivity contribution in [3.8, 4) is 11.6 Å². The first-order chi connectivity index (χ1) is 9.38. The van der Waals surface area contributed by atoms with Crippen molar-refractivity contribution < 1.29 is 14.6 Å². The van der Waals surface area contributed by atoms with Gasteiger partial charge in [0, 0.05) is 16.6 Å². The van der Waals surface area contributed by atoms with Crippen molar-refractivity contribution in [2.75, 3.05) is 0 Å². The quantitative estimate of drug-likeness (QED) is 0.715. The third-order valence-corrected chi connectivity index (χ3v) is 4.01. The number of ether oxygens (including phenoxy) is 1. The number of rotatable bonds is 3. The molecule has 1 heterocycles. The Balaban J connectivity index is 2.38. The number of carboxylic acid groups (broad SMARTS) is 1. The zero-order chi connectivity index (χ0) is 14.9. The van der Waals surface area contributed by atoms with Crippen molar-refractivity contribution >= 4 is 56.7 Å². The molecule has 1 aromatic carbocycles. The van der Waals surface area contributed by atoms with Gasteiger partial charge in [-0.3, -0.25) is 0 Å². The minimum atomic E-state index is -1.25. The molecule has 0 radical (unpaired) electrons. The summed E-state index contributed by atoms with van der Waals surface area (Å²) in [6.45, 7) is 0. The normalized spacial score (nSPS) is 10.4. The van der Waals surface area contributed by atoms with E-state index in [9.17, 15) is 4.79 Å². The van der Waals surface area contributed by atoms with Crippen molar-refractivity contribution in [3.63, 3.8) is 0 Å². The van der Waals surface area contributed by atoms with Gasteiger partial charge in [0.15, 0.2) is 5.69 Å². The Labute approximate surface area is 137 Å². The highest BCUT2D eigenvalue weighted by Crippen LogP contribution is 2.36. The van der Waals surface area contributed by atoms with Crippen molar-refractivity contribution in [2.45, 2.75) is 0 Å². The third-order valence-electron chi connectivity index (χ3n) is 2.21. The Morgan fingerprint density at radius 2 is 1.85 bits per heavy atom. The molecule has 0 aliphatic carbocycles. The number of benzene rings is 1. The summed E-state index contributed by atoms with van der Waals surface area (Å²) in [5, 5.41) is 9.65. The summed E-state index contributed by atoms with van der Waals surface area (Å²) in [6.07, 6.45) is 0. The van der Waals surface area contributed by atoms with E-state index in [4.69, 9.17) is 44.6 Å². The van der Waals surface area contributed by atoms with Crippen LogP contribution in [0.5, 0.6) is 11.6 Å². The van der Waals surface area contributed by atoms with Gasteiger partial charge in [0.05, 0.1) is 15.1 Å². The summed E-state index contributed by atoms with van der Waals surface area (Å²) in [5.41, 5.74) is -0.302. The first kappa shape index (κ1) is 15.4. The summed E-state index contributed by atoms with van der Waals surface area (Å²) < 4.78 is 6.04. The van der Waals surface area contributed by atoms with Crippen LogP contribution in [-0.4, -0.2) is 16.1 Å². The van der Waals surface area contributed by atoms with E-state index >= 15 is 0 Å². The number of halogens is 4. The number of aromatic nitrogens is 1. The van der Waals surface area contributed by atoms with E-state index in [1.807, 2.05) is 0 Å². The highest BCUT2D eigenvalue weighted by Gasteiger charge is 2.14. The van der Waals surface area contributed by atoms with Gasteiger partial charge in [-0.15, -0.1) is 0 Å². The lowest BCUT2D eigenvalue weighted by Crippen LogP contribution is -2.02. The van der Waals surface area contributed by atoms with E-state index in [1.165, 1.54) is 18.2 Å². The van der Waals surface area contributed by atoms with Crippen LogP contribution in [0.3, 0.4) is 0 Å². The van der Waals surface area contributed by atoms with Gasteiger partial charge in [0.2, 0.25) is 5.88 Å². The van der Waals surface area contributed by atoms with Gasteiger partial charge in [0.1, 0.15) is 5.75 Å². The Bertz CT molecular complexity index is 694. The van der Waals surface area contributed by atoms with Crippen molar-refractivity contribution in [2.24, 2.45) is 0 Å². The van der Waals surface area contributed by atoms with Gasteiger partial charge in [-0.05, 0) is 28.1 Å². The Hall–Kier alpha value is -1.01. The average molecular weight is 397 g/mol. The molecular formula is C12H5BrCl3NO3. The fraction of sp³-hybridized carbons (Fsp3) is 0. The molecule has 4 nitrogen and oxygen atoms in total. The lowest BCUT2D eigenvalue weighted by Gasteiger charge is -2.09. The second-order valence-corrected chi connectivity index (χ2v) is 5.66. The summed E-state index contributed by atoms with van der Waals surface area (Å²) in [4.78, 5) is 14.7. The van der Waals surface area contributed by atoms with Crippen LogP contribution in [0.1, 0.15) is 10.5 Å². The molecular weight excluding hydrogens is 392 g/mol. The van der Waals surface area contributed by atoms with Gasteiger partial charge >= 0.3 is 5.97 Å². The maximum Gasteiger partial charge on any atom is 0.356 e. The standard InChI is InChI=1S/C12H5BrCl3NO3/c13-5-3-8(16)9(4-7(5)15)20-10-2-1-6(14)11(17-10)12(18)19/h1-4H,(H,18,19). The maximum absolute atomic E-state index is 10.9. The molecule has 0 bridgehead atoms. The Morgan fingerprint density at radius 1 is 1.15 bits per heavy atom. The number of carbonyl (C=O) groups is 1. The summed E-state index contributed by atoms with van der Waals surface area (Å²) in [5.74, 6) is -0.946. The average Bonchev–Trinajstić information content (AvgIpc) is 2.37. The zero-order valence-corrected chi connectivity index (χ0v) is 13.4. The molecule has 1 aromatic heterocycles. The predicted molar refractivity (Wildman–Crippen MR) is 80.4 cm³/mol. The molecule has 0 atom stereocenters. The van der Waals surface area contributed by atoms with Gasteiger partial charge < -0.3 is 9.84 Å². The molecule has 0 spiro atoms. The van der Waals surface area contributed by atoms with Crippen LogP contribution >= 0.6 is 50.7 Å². The molecule has 2 rings (SSSR count). The van der Waals surface area contributed by atoms with Crippen molar-refractivity contribution in [1.82, 2.24) is 4.98 Å². The highest BCUT2D eigenvalue weighted by atomic mass is 79.9. The molecule has 0 saturated carbocycles. The predicted octanol–water partition coefficient (Wildman–Crippen LogP) is 5.29. The second-order valence-electron chi connectivity index (χ2n) is 3.58. The molecule has 104 valence electrons.